The van der Waals surface area contributed by atoms with Crippen LogP contribution in [0.25, 0.3) is 0 Å². The molecular formula is C11H20BrN5O2S. The molecule has 0 radical (unpaired) electrons. The van der Waals surface area contributed by atoms with Gasteiger partial charge in [0.15, 0.2) is 4.60 Å². The molecule has 1 aliphatic carbocycles. The molecule has 0 aromatic carbocycles. The smallest absolute Gasteiger partial charge is 0.261 e. The second-order valence-corrected chi connectivity index (χ2v) is 7.77. The third-order valence-electron chi connectivity index (χ3n) is 4.15. The number of nitrogens with one attached hydrogen (secondary N) is 1. The van der Waals surface area contributed by atoms with E-state index in [1.54, 1.807) is 7.05 Å². The van der Waals surface area contributed by atoms with Gasteiger partial charge in [0.05, 0.1) is 0 Å². The van der Waals surface area contributed by atoms with E-state index in [1.807, 2.05) is 6.92 Å². The van der Waals surface area contributed by atoms with E-state index in [-0.39, 0.29) is 22.1 Å². The zero-order valence-electron chi connectivity index (χ0n) is 11.6. The normalized spacial score (nSPS) is 27.7. The van der Waals surface area contributed by atoms with Gasteiger partial charge in [-0.3, -0.25) is 0 Å². The largest absolute Gasteiger partial charge is 0.329 e. The third kappa shape index (κ3) is 2.76. The van der Waals surface area contributed by atoms with Crippen LogP contribution in [0.1, 0.15) is 32.6 Å². The number of hydrogen-bond acceptors (Lipinski definition) is 5. The minimum atomic E-state index is -3.72. The van der Waals surface area contributed by atoms with Crippen LogP contribution >= 0.6 is 15.9 Å². The predicted molar refractivity (Wildman–Crippen MR) is 78.4 cm³/mol. The molecule has 0 bridgehead atoms. The van der Waals surface area contributed by atoms with Gasteiger partial charge in [0, 0.05) is 19.1 Å². The molecule has 7 nitrogen and oxygen atoms in total. The van der Waals surface area contributed by atoms with Crippen molar-refractivity contribution >= 4 is 26.0 Å². The van der Waals surface area contributed by atoms with Crippen LogP contribution in [0, 0.1) is 5.92 Å². The molecule has 2 rings (SSSR count). The van der Waals surface area contributed by atoms with Gasteiger partial charge in [0.2, 0.25) is 5.03 Å². The van der Waals surface area contributed by atoms with E-state index in [0.717, 1.165) is 25.7 Å². The van der Waals surface area contributed by atoms with Crippen molar-refractivity contribution in [3.63, 3.8) is 0 Å². The zero-order valence-corrected chi connectivity index (χ0v) is 14.0. The first kappa shape index (κ1) is 15.9. The predicted octanol–water partition coefficient (Wildman–Crippen LogP) is 0.764. The Balaban J connectivity index is 2.36. The van der Waals surface area contributed by atoms with Gasteiger partial charge in [0.25, 0.3) is 10.0 Å². The number of halogens is 1. The van der Waals surface area contributed by atoms with Gasteiger partial charge >= 0.3 is 0 Å². The Morgan fingerprint density at radius 2 is 2.25 bits per heavy atom. The van der Waals surface area contributed by atoms with Crippen LogP contribution in [0.3, 0.4) is 0 Å². The summed E-state index contributed by atoms with van der Waals surface area (Å²) in [6.07, 6.45) is 3.83. The van der Waals surface area contributed by atoms with Gasteiger partial charge in [0.1, 0.15) is 0 Å². The molecule has 2 atom stereocenters. The molecule has 1 aliphatic rings. The molecule has 1 fully saturated rings. The topological polar surface area (TPSA) is 103 Å². The lowest BCUT2D eigenvalue weighted by molar-refractivity contribution is 0.191. The van der Waals surface area contributed by atoms with Gasteiger partial charge < -0.3 is 5.73 Å². The minimum absolute atomic E-state index is 0.0306. The summed E-state index contributed by atoms with van der Waals surface area (Å²) in [6, 6.07) is 0. The summed E-state index contributed by atoms with van der Waals surface area (Å²) in [7, 11) is -2.17. The van der Waals surface area contributed by atoms with Crippen molar-refractivity contribution in [3.8, 4) is 0 Å². The molecule has 1 saturated carbocycles. The molecule has 114 valence electrons. The second kappa shape index (κ2) is 5.70. The van der Waals surface area contributed by atoms with E-state index in [2.05, 4.69) is 31.0 Å². The minimum Gasteiger partial charge on any atom is -0.329 e. The van der Waals surface area contributed by atoms with Crippen LogP contribution in [-0.4, -0.2) is 35.5 Å². The van der Waals surface area contributed by atoms with Crippen LogP contribution in [0.5, 0.6) is 0 Å². The molecule has 20 heavy (non-hydrogen) atoms. The quantitative estimate of drug-likeness (QED) is 0.819. The summed E-state index contributed by atoms with van der Waals surface area (Å²) in [4.78, 5) is 0. The molecule has 1 aromatic rings. The number of nitrogens with zero attached hydrogens (tertiary/aromatic N) is 3. The number of rotatable bonds is 4. The van der Waals surface area contributed by atoms with Crippen LogP contribution in [-0.2, 0) is 17.1 Å². The van der Waals surface area contributed by atoms with Gasteiger partial charge in [-0.15, -0.1) is 5.10 Å². The molecule has 9 heteroatoms. The molecule has 3 N–H and O–H groups in total. The van der Waals surface area contributed by atoms with Crippen molar-refractivity contribution in [1.82, 2.24) is 19.7 Å². The van der Waals surface area contributed by atoms with Gasteiger partial charge in [-0.2, -0.15) is 0 Å². The Bertz CT molecular complexity index is 568. The maximum Gasteiger partial charge on any atom is 0.261 e. The fraction of sp³-hybridized carbons (Fsp3) is 0.818. The van der Waals surface area contributed by atoms with Crippen LogP contribution in [0.4, 0.5) is 0 Å². The highest BCUT2D eigenvalue weighted by Crippen LogP contribution is 2.34. The zero-order chi connectivity index (χ0) is 15.0. The third-order valence-corrected chi connectivity index (χ3v) is 6.59. The van der Waals surface area contributed by atoms with Crippen molar-refractivity contribution in [1.29, 1.82) is 0 Å². The second-order valence-electron chi connectivity index (χ2n) is 5.42. The van der Waals surface area contributed by atoms with Crippen molar-refractivity contribution in [2.75, 3.05) is 6.54 Å². The summed E-state index contributed by atoms with van der Waals surface area (Å²) in [5, 5.41) is 7.47. The first-order chi connectivity index (χ1) is 9.32. The van der Waals surface area contributed by atoms with E-state index in [9.17, 15) is 8.42 Å². The summed E-state index contributed by atoms with van der Waals surface area (Å²) in [5.74, 6) is 0.205. The van der Waals surface area contributed by atoms with E-state index < -0.39 is 15.6 Å². The average molecular weight is 366 g/mol. The Morgan fingerprint density at radius 1 is 1.55 bits per heavy atom. The lowest BCUT2D eigenvalue weighted by Gasteiger charge is -2.42. The van der Waals surface area contributed by atoms with Gasteiger partial charge in [-0.25, -0.2) is 17.8 Å². The fourth-order valence-corrected chi connectivity index (χ4v) is 5.47. The first-order valence-corrected chi connectivity index (χ1v) is 8.89. The molecule has 1 aromatic heterocycles. The van der Waals surface area contributed by atoms with Gasteiger partial charge in [-0.1, -0.05) is 25.0 Å². The first-order valence-electron chi connectivity index (χ1n) is 6.61. The van der Waals surface area contributed by atoms with Crippen molar-refractivity contribution < 1.29 is 8.42 Å². The molecule has 2 unspecified atom stereocenters. The lowest BCUT2D eigenvalue weighted by Crippen LogP contribution is -2.59. The fourth-order valence-electron chi connectivity index (χ4n) is 2.83. The maximum atomic E-state index is 12.6. The van der Waals surface area contributed by atoms with Gasteiger partial charge in [-0.05, 0) is 34.7 Å². The highest BCUT2D eigenvalue weighted by molar-refractivity contribution is 9.10. The molecule has 0 spiro atoms. The summed E-state index contributed by atoms with van der Waals surface area (Å²) >= 11 is 3.13. The monoisotopic (exact) mass is 365 g/mol. The van der Waals surface area contributed by atoms with E-state index >= 15 is 0 Å². The van der Waals surface area contributed by atoms with Crippen LogP contribution in [0.2, 0.25) is 0 Å². The summed E-state index contributed by atoms with van der Waals surface area (Å²) < 4.78 is 29.5. The number of hydrogen-bond donors (Lipinski definition) is 2. The van der Waals surface area contributed by atoms with E-state index in [4.69, 9.17) is 5.73 Å². The Hall–Kier alpha value is -0.510. The van der Waals surface area contributed by atoms with E-state index in [1.165, 1.54) is 4.68 Å². The van der Waals surface area contributed by atoms with E-state index in [0.29, 0.717) is 0 Å². The number of sulfonamides is 1. The standard InChI is InChI=1S/C11H20BrN5O2S/c1-8-5-3-4-6-11(8,7-13)15-20(18,19)10-9(12)14-16-17(10)2/h8,15H,3-7,13H2,1-2H3. The Labute approximate surface area is 127 Å². The number of aryl methyl sites for hydroxylation is 1. The molecule has 0 amide bonds. The molecular weight excluding hydrogens is 346 g/mol. The Morgan fingerprint density at radius 3 is 2.75 bits per heavy atom. The maximum absolute atomic E-state index is 12.6. The van der Waals surface area contributed by atoms with Crippen LogP contribution < -0.4 is 10.5 Å². The van der Waals surface area contributed by atoms with Crippen molar-refractivity contribution in [3.05, 3.63) is 4.60 Å². The SMILES string of the molecule is CC1CCCCC1(CN)NS(=O)(=O)c1c(Br)nnn1C. The lowest BCUT2D eigenvalue weighted by atomic mass is 9.74. The molecule has 0 saturated heterocycles. The Kier molecular flexibility index (Phi) is 4.53. The number of nitrogens with two attached hydrogens (primary N) is 1. The highest BCUT2D eigenvalue weighted by Gasteiger charge is 2.42. The molecule has 0 aliphatic heterocycles. The average Bonchev–Trinajstić information content (AvgIpc) is 2.72. The summed E-state index contributed by atoms with van der Waals surface area (Å²) in [5.41, 5.74) is 5.31. The highest BCUT2D eigenvalue weighted by atomic mass is 79.9. The van der Waals surface area contributed by atoms with Crippen LogP contribution in [0.15, 0.2) is 9.63 Å². The molecule has 1 heterocycles. The van der Waals surface area contributed by atoms with Crippen molar-refractivity contribution in [2.45, 2.75) is 43.2 Å². The summed E-state index contributed by atoms with van der Waals surface area (Å²) in [6.45, 7) is 2.33. The number of aromatic nitrogens is 3. The van der Waals surface area contributed by atoms with Crippen molar-refractivity contribution in [2.24, 2.45) is 18.7 Å².